The number of carboxylic acid groups (broad SMARTS) is 1. The molecule has 0 bridgehead atoms. The van der Waals surface area contributed by atoms with Crippen molar-refractivity contribution in [3.8, 4) is 0 Å². The SMILES string of the molecule is O=C(O)C1CCC(CNc2ccc(Cl)cc2F)O1. The average Bonchev–Trinajstić information content (AvgIpc) is 2.76. The average molecular weight is 274 g/mol. The fraction of sp³-hybridized carbons (Fsp3) is 0.417. The van der Waals surface area contributed by atoms with E-state index in [4.69, 9.17) is 21.4 Å². The summed E-state index contributed by atoms with van der Waals surface area (Å²) < 4.78 is 18.7. The van der Waals surface area contributed by atoms with E-state index in [0.717, 1.165) is 0 Å². The van der Waals surface area contributed by atoms with Crippen LogP contribution < -0.4 is 5.32 Å². The van der Waals surface area contributed by atoms with Crippen molar-refractivity contribution < 1.29 is 19.0 Å². The van der Waals surface area contributed by atoms with Gasteiger partial charge < -0.3 is 15.2 Å². The molecule has 0 aliphatic carbocycles. The molecule has 98 valence electrons. The molecule has 1 saturated heterocycles. The summed E-state index contributed by atoms with van der Waals surface area (Å²) in [5.41, 5.74) is 0.335. The number of halogens is 2. The highest BCUT2D eigenvalue weighted by atomic mass is 35.5. The molecule has 1 aromatic carbocycles. The van der Waals surface area contributed by atoms with E-state index in [2.05, 4.69) is 5.32 Å². The summed E-state index contributed by atoms with van der Waals surface area (Å²) in [6.45, 7) is 0.377. The molecule has 2 atom stereocenters. The molecule has 1 aliphatic heterocycles. The Bertz CT molecular complexity index is 455. The van der Waals surface area contributed by atoms with Gasteiger partial charge in [0, 0.05) is 11.6 Å². The maximum atomic E-state index is 13.4. The molecule has 0 radical (unpaired) electrons. The third kappa shape index (κ3) is 3.11. The van der Waals surface area contributed by atoms with Gasteiger partial charge in [-0.25, -0.2) is 9.18 Å². The van der Waals surface area contributed by atoms with Gasteiger partial charge in [-0.15, -0.1) is 0 Å². The lowest BCUT2D eigenvalue weighted by Crippen LogP contribution is -2.24. The minimum atomic E-state index is -0.949. The van der Waals surface area contributed by atoms with Crippen LogP contribution in [0.25, 0.3) is 0 Å². The van der Waals surface area contributed by atoms with E-state index in [-0.39, 0.29) is 6.10 Å². The highest BCUT2D eigenvalue weighted by Gasteiger charge is 2.30. The second-order valence-corrected chi connectivity index (χ2v) is 4.60. The second kappa shape index (κ2) is 5.54. The predicted molar refractivity (Wildman–Crippen MR) is 65.4 cm³/mol. The number of hydrogen-bond donors (Lipinski definition) is 2. The molecule has 1 aromatic rings. The van der Waals surface area contributed by atoms with Gasteiger partial charge >= 0.3 is 5.97 Å². The molecule has 0 aromatic heterocycles. The van der Waals surface area contributed by atoms with E-state index in [1.165, 1.54) is 6.07 Å². The Hall–Kier alpha value is -1.33. The van der Waals surface area contributed by atoms with Gasteiger partial charge in [-0.1, -0.05) is 11.6 Å². The number of rotatable bonds is 4. The Kier molecular flexibility index (Phi) is 4.04. The van der Waals surface area contributed by atoms with Crippen LogP contribution >= 0.6 is 11.6 Å². The van der Waals surface area contributed by atoms with Crippen molar-refractivity contribution in [1.29, 1.82) is 0 Å². The van der Waals surface area contributed by atoms with Gasteiger partial charge in [-0.05, 0) is 31.0 Å². The topological polar surface area (TPSA) is 58.6 Å². The molecule has 2 rings (SSSR count). The first-order chi connectivity index (χ1) is 8.56. The molecule has 0 spiro atoms. The van der Waals surface area contributed by atoms with Gasteiger partial charge in [0.25, 0.3) is 0 Å². The van der Waals surface area contributed by atoms with Crippen LogP contribution in [0, 0.1) is 5.82 Å². The number of nitrogens with one attached hydrogen (secondary N) is 1. The fourth-order valence-corrected chi connectivity index (χ4v) is 2.05. The highest BCUT2D eigenvalue weighted by Crippen LogP contribution is 2.22. The third-order valence-electron chi connectivity index (χ3n) is 2.83. The van der Waals surface area contributed by atoms with Crippen LogP contribution in [0.1, 0.15) is 12.8 Å². The third-order valence-corrected chi connectivity index (χ3v) is 3.07. The molecule has 1 fully saturated rings. The highest BCUT2D eigenvalue weighted by molar-refractivity contribution is 6.30. The van der Waals surface area contributed by atoms with Crippen LogP contribution in [-0.2, 0) is 9.53 Å². The van der Waals surface area contributed by atoms with Crippen LogP contribution in [0.15, 0.2) is 18.2 Å². The van der Waals surface area contributed by atoms with Crippen molar-refractivity contribution in [2.45, 2.75) is 25.0 Å². The number of hydrogen-bond acceptors (Lipinski definition) is 3. The molecular weight excluding hydrogens is 261 g/mol. The maximum Gasteiger partial charge on any atom is 0.332 e. The molecular formula is C12H13ClFNO3. The summed E-state index contributed by atoms with van der Waals surface area (Å²) >= 11 is 5.64. The van der Waals surface area contributed by atoms with Crippen LogP contribution in [0.5, 0.6) is 0 Å². The van der Waals surface area contributed by atoms with E-state index in [9.17, 15) is 9.18 Å². The van der Waals surface area contributed by atoms with Crippen LogP contribution in [0.4, 0.5) is 10.1 Å². The van der Waals surface area contributed by atoms with Gasteiger partial charge in [0.2, 0.25) is 0 Å². The first-order valence-electron chi connectivity index (χ1n) is 5.63. The monoisotopic (exact) mass is 273 g/mol. The lowest BCUT2D eigenvalue weighted by molar-refractivity contribution is -0.149. The summed E-state index contributed by atoms with van der Waals surface area (Å²) in [5, 5.41) is 12.0. The van der Waals surface area contributed by atoms with Gasteiger partial charge in [-0.3, -0.25) is 0 Å². The Labute approximate surface area is 109 Å². The molecule has 0 saturated carbocycles. The van der Waals surface area contributed by atoms with Crippen molar-refractivity contribution in [2.75, 3.05) is 11.9 Å². The summed E-state index contributed by atoms with van der Waals surface area (Å²) in [5.74, 6) is -1.38. The summed E-state index contributed by atoms with van der Waals surface area (Å²) in [4.78, 5) is 10.7. The molecule has 1 heterocycles. The van der Waals surface area contributed by atoms with Crippen molar-refractivity contribution in [2.24, 2.45) is 0 Å². The van der Waals surface area contributed by atoms with Crippen LogP contribution in [-0.4, -0.2) is 29.8 Å². The molecule has 18 heavy (non-hydrogen) atoms. The number of anilines is 1. The minimum Gasteiger partial charge on any atom is -0.479 e. The van der Waals surface area contributed by atoms with Crippen LogP contribution in [0.3, 0.4) is 0 Å². The van der Waals surface area contributed by atoms with E-state index in [1.807, 2.05) is 0 Å². The quantitative estimate of drug-likeness (QED) is 0.885. The van der Waals surface area contributed by atoms with Crippen molar-refractivity contribution in [3.63, 3.8) is 0 Å². The van der Waals surface area contributed by atoms with E-state index in [1.54, 1.807) is 12.1 Å². The molecule has 6 heteroatoms. The fourth-order valence-electron chi connectivity index (χ4n) is 1.89. The number of aliphatic carboxylic acids is 1. The molecule has 2 N–H and O–H groups in total. The van der Waals surface area contributed by atoms with Crippen molar-refractivity contribution in [3.05, 3.63) is 29.0 Å². The first kappa shape index (κ1) is 13.1. The molecule has 0 amide bonds. The molecule has 2 unspecified atom stereocenters. The predicted octanol–water partition coefficient (Wildman–Crippen LogP) is 2.52. The first-order valence-corrected chi connectivity index (χ1v) is 6.01. The Morgan fingerprint density at radius 2 is 2.33 bits per heavy atom. The summed E-state index contributed by atoms with van der Waals surface area (Å²) in [6.07, 6.45) is 0.192. The van der Waals surface area contributed by atoms with Gasteiger partial charge in [0.05, 0.1) is 11.8 Å². The zero-order chi connectivity index (χ0) is 13.1. The Balaban J connectivity index is 1.87. The van der Waals surface area contributed by atoms with Gasteiger partial charge in [0.1, 0.15) is 5.82 Å². The van der Waals surface area contributed by atoms with Crippen molar-refractivity contribution >= 4 is 23.3 Å². The molecule has 1 aliphatic rings. The second-order valence-electron chi connectivity index (χ2n) is 4.17. The molecule has 4 nitrogen and oxygen atoms in total. The number of carbonyl (C=O) groups is 1. The zero-order valence-electron chi connectivity index (χ0n) is 9.53. The Morgan fingerprint density at radius 3 is 2.94 bits per heavy atom. The largest absolute Gasteiger partial charge is 0.479 e. The zero-order valence-corrected chi connectivity index (χ0v) is 10.3. The Morgan fingerprint density at radius 1 is 1.56 bits per heavy atom. The van der Waals surface area contributed by atoms with Gasteiger partial charge in [0.15, 0.2) is 6.10 Å². The van der Waals surface area contributed by atoms with Crippen LogP contribution in [0.2, 0.25) is 5.02 Å². The number of ether oxygens (including phenoxy) is 1. The van der Waals surface area contributed by atoms with E-state index >= 15 is 0 Å². The van der Waals surface area contributed by atoms with Crippen molar-refractivity contribution in [1.82, 2.24) is 0 Å². The number of carboxylic acids is 1. The van der Waals surface area contributed by atoms with E-state index < -0.39 is 17.9 Å². The normalized spacial score (nSPS) is 23.0. The minimum absolute atomic E-state index is 0.207. The standard InChI is InChI=1S/C12H13ClFNO3/c13-7-1-3-10(9(14)5-7)15-6-8-2-4-11(18-8)12(16)17/h1,3,5,8,11,15H,2,4,6H2,(H,16,17). The lowest BCUT2D eigenvalue weighted by Gasteiger charge is -2.13. The summed E-state index contributed by atoms with van der Waals surface area (Å²) in [6, 6.07) is 4.35. The lowest BCUT2D eigenvalue weighted by atomic mass is 10.2. The van der Waals surface area contributed by atoms with Gasteiger partial charge in [-0.2, -0.15) is 0 Å². The number of benzene rings is 1. The van der Waals surface area contributed by atoms with E-state index in [0.29, 0.717) is 30.1 Å². The maximum absolute atomic E-state index is 13.4. The smallest absolute Gasteiger partial charge is 0.332 e. The summed E-state index contributed by atoms with van der Waals surface area (Å²) in [7, 11) is 0.